The molecule has 1 heterocycles. The zero-order chi connectivity index (χ0) is 19.3. The van der Waals surface area contributed by atoms with Gasteiger partial charge in [0.25, 0.3) is 0 Å². The SMILES string of the molecule is CC=Cc1cc2ccc(N[C@@H](C=O)[C@@H](O)[C@H](O)[C@H](O)CO)cc2oc1=O. The molecule has 0 amide bonds. The first-order valence-corrected chi connectivity index (χ1v) is 7.98. The number of hydrogen-bond donors (Lipinski definition) is 5. The van der Waals surface area contributed by atoms with Gasteiger partial charge in [0.05, 0.1) is 12.2 Å². The monoisotopic (exact) mass is 363 g/mol. The first-order valence-electron chi connectivity index (χ1n) is 7.98. The first kappa shape index (κ1) is 19.8. The number of aldehydes is 1. The van der Waals surface area contributed by atoms with Crippen molar-refractivity contribution >= 4 is 29.0 Å². The number of carbonyl (C=O) groups excluding carboxylic acids is 1. The molecular formula is C18H21NO7. The second kappa shape index (κ2) is 8.72. The van der Waals surface area contributed by atoms with Crippen molar-refractivity contribution in [3.8, 4) is 0 Å². The van der Waals surface area contributed by atoms with E-state index in [1.165, 1.54) is 6.07 Å². The zero-order valence-corrected chi connectivity index (χ0v) is 14.1. The summed E-state index contributed by atoms with van der Waals surface area (Å²) >= 11 is 0. The Labute approximate surface area is 149 Å². The van der Waals surface area contributed by atoms with Crippen LogP contribution in [0.5, 0.6) is 0 Å². The average molecular weight is 363 g/mol. The number of rotatable bonds is 8. The van der Waals surface area contributed by atoms with Crippen molar-refractivity contribution in [2.45, 2.75) is 31.3 Å². The summed E-state index contributed by atoms with van der Waals surface area (Å²) < 4.78 is 5.24. The maximum absolute atomic E-state index is 11.9. The van der Waals surface area contributed by atoms with E-state index in [9.17, 15) is 24.9 Å². The summed E-state index contributed by atoms with van der Waals surface area (Å²) in [5, 5.41) is 41.3. The number of fused-ring (bicyclic) bond motifs is 1. The summed E-state index contributed by atoms with van der Waals surface area (Å²) in [5.41, 5.74) is 0.536. The van der Waals surface area contributed by atoms with Crippen LogP contribution in [0.2, 0.25) is 0 Å². The second-order valence-electron chi connectivity index (χ2n) is 5.78. The first-order chi connectivity index (χ1) is 12.4. The molecule has 0 bridgehead atoms. The molecule has 4 atom stereocenters. The number of aliphatic hydroxyl groups is 4. The number of benzene rings is 1. The van der Waals surface area contributed by atoms with Crippen molar-refractivity contribution in [2.75, 3.05) is 11.9 Å². The molecule has 140 valence electrons. The third kappa shape index (κ3) is 4.36. The molecule has 2 aromatic rings. The van der Waals surface area contributed by atoms with Gasteiger partial charge in [-0.05, 0) is 25.1 Å². The number of carbonyl (C=O) groups is 1. The van der Waals surface area contributed by atoms with Gasteiger partial charge in [-0.2, -0.15) is 0 Å². The van der Waals surface area contributed by atoms with E-state index in [0.29, 0.717) is 22.9 Å². The highest BCUT2D eigenvalue weighted by Gasteiger charge is 2.31. The molecule has 0 unspecified atom stereocenters. The van der Waals surface area contributed by atoms with Gasteiger partial charge in [-0.15, -0.1) is 0 Å². The van der Waals surface area contributed by atoms with Crippen LogP contribution in [0.15, 0.2) is 39.6 Å². The Bertz CT molecular complexity index is 845. The van der Waals surface area contributed by atoms with Crippen molar-refractivity contribution in [3.05, 3.63) is 46.3 Å². The van der Waals surface area contributed by atoms with Crippen LogP contribution in [-0.2, 0) is 4.79 Å². The van der Waals surface area contributed by atoms with E-state index in [1.807, 2.05) is 0 Å². The zero-order valence-electron chi connectivity index (χ0n) is 14.1. The van der Waals surface area contributed by atoms with Crippen LogP contribution < -0.4 is 10.9 Å². The fourth-order valence-electron chi connectivity index (χ4n) is 2.45. The van der Waals surface area contributed by atoms with Crippen LogP contribution >= 0.6 is 0 Å². The van der Waals surface area contributed by atoms with E-state index in [0.717, 1.165) is 0 Å². The molecule has 8 heteroatoms. The Morgan fingerprint density at radius 3 is 2.54 bits per heavy atom. The predicted molar refractivity (Wildman–Crippen MR) is 95.8 cm³/mol. The van der Waals surface area contributed by atoms with Gasteiger partial charge in [-0.1, -0.05) is 12.2 Å². The maximum Gasteiger partial charge on any atom is 0.343 e. The molecule has 0 saturated carbocycles. The number of anilines is 1. The molecule has 0 saturated heterocycles. The Kier molecular flexibility index (Phi) is 6.64. The number of aliphatic hydroxyl groups excluding tert-OH is 4. The molecule has 5 N–H and O–H groups in total. The number of allylic oxidation sites excluding steroid dienone is 1. The normalized spacial score (nSPS) is 16.3. The second-order valence-corrected chi connectivity index (χ2v) is 5.78. The lowest BCUT2D eigenvalue weighted by atomic mass is 10.0. The Morgan fingerprint density at radius 1 is 1.19 bits per heavy atom. The molecule has 8 nitrogen and oxygen atoms in total. The van der Waals surface area contributed by atoms with Gasteiger partial charge in [0.15, 0.2) is 0 Å². The summed E-state index contributed by atoms with van der Waals surface area (Å²) in [6, 6.07) is 5.17. The highest BCUT2D eigenvalue weighted by Crippen LogP contribution is 2.20. The molecule has 2 rings (SSSR count). The molecule has 26 heavy (non-hydrogen) atoms. The number of nitrogens with one attached hydrogen (secondary N) is 1. The van der Waals surface area contributed by atoms with Crippen LogP contribution in [-0.4, -0.2) is 57.7 Å². The Morgan fingerprint density at radius 2 is 1.92 bits per heavy atom. The van der Waals surface area contributed by atoms with Gasteiger partial charge in [-0.25, -0.2) is 4.79 Å². The Balaban J connectivity index is 2.27. The lowest BCUT2D eigenvalue weighted by molar-refractivity contribution is -0.117. The highest BCUT2D eigenvalue weighted by molar-refractivity contribution is 5.82. The van der Waals surface area contributed by atoms with Crippen LogP contribution in [0, 0.1) is 0 Å². The van der Waals surface area contributed by atoms with E-state index in [2.05, 4.69) is 5.32 Å². The summed E-state index contributed by atoms with van der Waals surface area (Å²) in [4.78, 5) is 23.1. The maximum atomic E-state index is 11.9. The van der Waals surface area contributed by atoms with Crippen molar-refractivity contribution in [1.82, 2.24) is 0 Å². The molecule has 0 aliphatic heterocycles. The quantitative estimate of drug-likeness (QED) is 0.323. The van der Waals surface area contributed by atoms with Gasteiger partial charge < -0.3 is 35.0 Å². The third-order valence-electron chi connectivity index (χ3n) is 3.89. The van der Waals surface area contributed by atoms with Crippen LogP contribution in [0.25, 0.3) is 17.0 Å². The molecule has 0 aliphatic rings. The fourth-order valence-corrected chi connectivity index (χ4v) is 2.45. The van der Waals surface area contributed by atoms with E-state index in [4.69, 9.17) is 9.52 Å². The lowest BCUT2D eigenvalue weighted by Gasteiger charge is -2.26. The highest BCUT2D eigenvalue weighted by atomic mass is 16.4. The minimum atomic E-state index is -1.72. The molecule has 1 aromatic heterocycles. The molecule has 0 spiro atoms. The molecule has 0 fully saturated rings. The van der Waals surface area contributed by atoms with E-state index >= 15 is 0 Å². The Hall–Kier alpha value is -2.52. The average Bonchev–Trinajstić information content (AvgIpc) is 2.65. The van der Waals surface area contributed by atoms with E-state index < -0.39 is 36.6 Å². The van der Waals surface area contributed by atoms with Gasteiger partial charge in [0.2, 0.25) is 0 Å². The van der Waals surface area contributed by atoms with E-state index in [1.54, 1.807) is 37.3 Å². The summed E-state index contributed by atoms with van der Waals surface area (Å²) in [5.74, 6) is 0. The van der Waals surface area contributed by atoms with Crippen LogP contribution in [0.4, 0.5) is 5.69 Å². The largest absolute Gasteiger partial charge is 0.422 e. The van der Waals surface area contributed by atoms with Crippen molar-refractivity contribution in [2.24, 2.45) is 0 Å². The van der Waals surface area contributed by atoms with Gasteiger partial charge >= 0.3 is 5.63 Å². The minimum absolute atomic E-state index is 0.281. The molecule has 1 aromatic carbocycles. The molecule has 0 aliphatic carbocycles. The smallest absolute Gasteiger partial charge is 0.343 e. The van der Waals surface area contributed by atoms with Crippen LogP contribution in [0.3, 0.4) is 0 Å². The minimum Gasteiger partial charge on any atom is -0.422 e. The fraction of sp³-hybridized carbons (Fsp3) is 0.333. The summed E-state index contributed by atoms with van der Waals surface area (Å²) in [6.07, 6.45) is -1.25. The molecule has 0 radical (unpaired) electrons. The van der Waals surface area contributed by atoms with E-state index in [-0.39, 0.29) is 5.58 Å². The third-order valence-corrected chi connectivity index (χ3v) is 3.89. The van der Waals surface area contributed by atoms with Gasteiger partial charge in [0, 0.05) is 17.1 Å². The molecular weight excluding hydrogens is 342 g/mol. The van der Waals surface area contributed by atoms with Crippen molar-refractivity contribution in [1.29, 1.82) is 0 Å². The topological polar surface area (TPSA) is 140 Å². The van der Waals surface area contributed by atoms with Crippen molar-refractivity contribution < 1.29 is 29.6 Å². The van der Waals surface area contributed by atoms with Gasteiger partial charge in [0.1, 0.15) is 36.2 Å². The predicted octanol–water partition coefficient (Wildman–Crippen LogP) is -0.120. The lowest BCUT2D eigenvalue weighted by Crippen LogP contribution is -2.49. The number of hydrogen-bond acceptors (Lipinski definition) is 8. The van der Waals surface area contributed by atoms with Crippen molar-refractivity contribution in [3.63, 3.8) is 0 Å². The van der Waals surface area contributed by atoms with Crippen LogP contribution in [0.1, 0.15) is 12.5 Å². The standard InChI is InChI=1S/C18H21NO7/c1-2-3-11-6-10-4-5-12(7-15(10)26-18(11)25)19-13(8-20)16(23)17(24)14(22)9-21/h2-8,13-14,16-17,19,21-24H,9H2,1H3/t13-,14+,16+,17+/m0/s1. The summed E-state index contributed by atoms with van der Waals surface area (Å²) in [6.45, 7) is 1.02. The van der Waals surface area contributed by atoms with Gasteiger partial charge in [-0.3, -0.25) is 0 Å². The summed E-state index contributed by atoms with van der Waals surface area (Å²) in [7, 11) is 0.